The minimum atomic E-state index is -1.05. The Hall–Kier alpha value is -0.770. The lowest BCUT2D eigenvalue weighted by Gasteiger charge is -2.22. The van der Waals surface area contributed by atoms with E-state index in [9.17, 15) is 5.11 Å². The first kappa shape index (κ1) is 11.3. The molecule has 0 bridgehead atoms. The fraction of sp³-hybridized carbons (Fsp3) is 0.400. The van der Waals surface area contributed by atoms with Crippen molar-refractivity contribution >= 4 is 11.6 Å². The zero-order valence-electron chi connectivity index (χ0n) is 8.25. The maximum atomic E-state index is 9.86. The van der Waals surface area contributed by atoms with Crippen molar-refractivity contribution < 1.29 is 9.84 Å². The van der Waals surface area contributed by atoms with Crippen LogP contribution in [0.4, 0.5) is 0 Å². The van der Waals surface area contributed by atoms with E-state index < -0.39 is 5.60 Å². The van der Waals surface area contributed by atoms with Crippen LogP contribution in [0, 0.1) is 0 Å². The summed E-state index contributed by atoms with van der Waals surface area (Å²) in [5.74, 6) is 0.586. The average molecular weight is 216 g/mol. The smallest absolute Gasteiger partial charge is 0.137 e. The van der Waals surface area contributed by atoms with E-state index in [2.05, 4.69) is 0 Å². The molecular weight excluding hydrogens is 202 g/mol. The van der Waals surface area contributed by atoms with Gasteiger partial charge in [0.15, 0.2) is 0 Å². The molecule has 0 radical (unpaired) electrons. The van der Waals surface area contributed by atoms with Crippen molar-refractivity contribution in [3.63, 3.8) is 0 Å². The molecule has 1 rings (SSSR count). The third-order valence-electron chi connectivity index (χ3n) is 2.17. The van der Waals surface area contributed by atoms with Crippen LogP contribution >= 0.6 is 11.6 Å². The molecule has 0 fully saturated rings. The first-order chi connectivity index (χ1) is 6.51. The van der Waals surface area contributed by atoms with E-state index in [-0.39, 0.29) is 6.54 Å². The van der Waals surface area contributed by atoms with Crippen LogP contribution in [-0.4, -0.2) is 18.8 Å². The largest absolute Gasteiger partial charge is 0.495 e. The Balaban J connectivity index is 3.08. The molecule has 78 valence electrons. The summed E-state index contributed by atoms with van der Waals surface area (Å²) in [5.41, 5.74) is 5.07. The number of halogens is 1. The van der Waals surface area contributed by atoms with E-state index in [0.717, 1.165) is 0 Å². The second kappa shape index (κ2) is 4.17. The van der Waals surface area contributed by atoms with E-state index in [4.69, 9.17) is 22.1 Å². The summed E-state index contributed by atoms with van der Waals surface area (Å²) < 4.78 is 5.00. The molecule has 1 atom stereocenters. The molecule has 0 aliphatic rings. The van der Waals surface area contributed by atoms with Gasteiger partial charge in [-0.15, -0.1) is 0 Å². The fourth-order valence-electron chi connectivity index (χ4n) is 1.12. The molecule has 0 saturated carbocycles. The van der Waals surface area contributed by atoms with E-state index in [1.54, 1.807) is 32.2 Å². The van der Waals surface area contributed by atoms with Gasteiger partial charge in [0, 0.05) is 6.54 Å². The number of hydrogen-bond donors (Lipinski definition) is 2. The monoisotopic (exact) mass is 215 g/mol. The van der Waals surface area contributed by atoms with Gasteiger partial charge in [0.05, 0.1) is 17.7 Å². The van der Waals surface area contributed by atoms with Gasteiger partial charge in [-0.1, -0.05) is 17.7 Å². The Morgan fingerprint density at radius 1 is 1.57 bits per heavy atom. The van der Waals surface area contributed by atoms with Gasteiger partial charge >= 0.3 is 0 Å². The minimum Gasteiger partial charge on any atom is -0.495 e. The molecule has 14 heavy (non-hydrogen) atoms. The molecule has 0 aliphatic carbocycles. The number of nitrogens with two attached hydrogens (primary N) is 1. The lowest BCUT2D eigenvalue weighted by molar-refractivity contribution is 0.0668. The number of benzene rings is 1. The third kappa shape index (κ3) is 2.18. The van der Waals surface area contributed by atoms with E-state index in [0.29, 0.717) is 16.3 Å². The van der Waals surface area contributed by atoms with Crippen molar-refractivity contribution in [2.75, 3.05) is 13.7 Å². The van der Waals surface area contributed by atoms with Crippen molar-refractivity contribution in [2.45, 2.75) is 12.5 Å². The van der Waals surface area contributed by atoms with Crippen LogP contribution < -0.4 is 10.5 Å². The number of rotatable bonds is 3. The molecule has 0 spiro atoms. The summed E-state index contributed by atoms with van der Waals surface area (Å²) in [4.78, 5) is 0. The molecule has 0 aromatic heterocycles. The molecule has 0 unspecified atom stereocenters. The molecule has 3 N–H and O–H groups in total. The maximum Gasteiger partial charge on any atom is 0.137 e. The number of hydrogen-bond acceptors (Lipinski definition) is 3. The molecule has 0 amide bonds. The highest BCUT2D eigenvalue weighted by molar-refractivity contribution is 6.32. The Morgan fingerprint density at radius 2 is 2.21 bits per heavy atom. The lowest BCUT2D eigenvalue weighted by Crippen LogP contribution is -2.31. The lowest BCUT2D eigenvalue weighted by atomic mass is 9.96. The number of ether oxygens (including phenoxy) is 1. The van der Waals surface area contributed by atoms with Crippen molar-refractivity contribution in [1.82, 2.24) is 0 Å². The Morgan fingerprint density at radius 3 is 2.64 bits per heavy atom. The Labute approximate surface area is 88.4 Å². The van der Waals surface area contributed by atoms with Crippen molar-refractivity contribution in [2.24, 2.45) is 5.73 Å². The predicted molar refractivity (Wildman–Crippen MR) is 56.6 cm³/mol. The van der Waals surface area contributed by atoms with Crippen LogP contribution in [0.1, 0.15) is 12.5 Å². The highest BCUT2D eigenvalue weighted by Crippen LogP contribution is 2.29. The van der Waals surface area contributed by atoms with Gasteiger partial charge in [-0.05, 0) is 24.6 Å². The average Bonchev–Trinajstić information content (AvgIpc) is 2.17. The summed E-state index contributed by atoms with van der Waals surface area (Å²) in [6.07, 6.45) is 0. The van der Waals surface area contributed by atoms with Crippen LogP contribution in [0.2, 0.25) is 5.02 Å². The van der Waals surface area contributed by atoms with Crippen molar-refractivity contribution in [1.29, 1.82) is 0 Å². The molecule has 4 heteroatoms. The van der Waals surface area contributed by atoms with Gasteiger partial charge in [-0.3, -0.25) is 0 Å². The quantitative estimate of drug-likeness (QED) is 0.804. The summed E-state index contributed by atoms with van der Waals surface area (Å²) in [6, 6.07) is 5.12. The molecule has 1 aromatic rings. The van der Waals surface area contributed by atoms with Crippen molar-refractivity contribution in [3.05, 3.63) is 28.8 Å². The van der Waals surface area contributed by atoms with Gasteiger partial charge in [0.1, 0.15) is 5.75 Å². The van der Waals surface area contributed by atoms with Gasteiger partial charge < -0.3 is 15.6 Å². The first-order valence-corrected chi connectivity index (χ1v) is 4.65. The maximum absolute atomic E-state index is 9.86. The summed E-state index contributed by atoms with van der Waals surface area (Å²) in [6.45, 7) is 1.79. The molecular formula is C10H14ClNO2. The second-order valence-corrected chi connectivity index (χ2v) is 3.73. The summed E-state index contributed by atoms with van der Waals surface area (Å²) in [5, 5.41) is 10.3. The molecule has 0 heterocycles. The second-order valence-electron chi connectivity index (χ2n) is 3.33. The zero-order valence-corrected chi connectivity index (χ0v) is 9.01. The number of aliphatic hydroxyl groups is 1. The fourth-order valence-corrected chi connectivity index (χ4v) is 1.38. The highest BCUT2D eigenvalue weighted by Gasteiger charge is 2.21. The van der Waals surface area contributed by atoms with Crippen LogP contribution in [-0.2, 0) is 5.60 Å². The SMILES string of the molecule is COc1ccc([C@@](C)(O)CN)cc1Cl. The van der Waals surface area contributed by atoms with E-state index in [1.807, 2.05) is 0 Å². The van der Waals surface area contributed by atoms with E-state index >= 15 is 0 Å². The first-order valence-electron chi connectivity index (χ1n) is 4.27. The van der Waals surface area contributed by atoms with Crippen LogP contribution in [0.3, 0.4) is 0 Å². The molecule has 0 saturated heterocycles. The Kier molecular flexibility index (Phi) is 3.37. The van der Waals surface area contributed by atoms with E-state index in [1.165, 1.54) is 0 Å². The van der Waals surface area contributed by atoms with Gasteiger partial charge in [0.25, 0.3) is 0 Å². The van der Waals surface area contributed by atoms with Gasteiger partial charge in [0.2, 0.25) is 0 Å². The van der Waals surface area contributed by atoms with Crippen molar-refractivity contribution in [3.8, 4) is 5.75 Å². The Bertz CT molecular complexity index is 326. The standard InChI is InChI=1S/C10H14ClNO2/c1-10(13,6-12)7-3-4-9(14-2)8(11)5-7/h3-5,13H,6,12H2,1-2H3/t10-/m0/s1. The van der Waals surface area contributed by atoms with Gasteiger partial charge in [-0.2, -0.15) is 0 Å². The van der Waals surface area contributed by atoms with Gasteiger partial charge in [-0.25, -0.2) is 0 Å². The van der Waals surface area contributed by atoms with Crippen LogP contribution in [0.15, 0.2) is 18.2 Å². The zero-order chi connectivity index (χ0) is 10.8. The number of methoxy groups -OCH3 is 1. The normalized spacial score (nSPS) is 14.9. The predicted octanol–water partition coefficient (Wildman–Crippen LogP) is 1.51. The topological polar surface area (TPSA) is 55.5 Å². The summed E-state index contributed by atoms with van der Waals surface area (Å²) >= 11 is 5.92. The molecule has 1 aromatic carbocycles. The highest BCUT2D eigenvalue weighted by atomic mass is 35.5. The molecule has 0 aliphatic heterocycles. The summed E-state index contributed by atoms with van der Waals surface area (Å²) in [7, 11) is 1.54. The van der Waals surface area contributed by atoms with Crippen LogP contribution in [0.25, 0.3) is 0 Å². The third-order valence-corrected chi connectivity index (χ3v) is 2.47. The minimum absolute atomic E-state index is 0.148. The molecule has 3 nitrogen and oxygen atoms in total. The van der Waals surface area contributed by atoms with Crippen LogP contribution in [0.5, 0.6) is 5.75 Å².